The molecule has 1 heterocycles. The van der Waals surface area contributed by atoms with E-state index in [0.29, 0.717) is 11.9 Å². The third-order valence-corrected chi connectivity index (χ3v) is 3.94. The predicted molar refractivity (Wildman–Crippen MR) is 75.3 cm³/mol. The van der Waals surface area contributed by atoms with Crippen LogP contribution in [0.5, 0.6) is 0 Å². The first-order chi connectivity index (χ1) is 8.11. The van der Waals surface area contributed by atoms with Crippen molar-refractivity contribution in [2.75, 3.05) is 32.1 Å². The fraction of sp³-hybridized carbons (Fsp3) is 0.538. The number of hydrogen-bond donors (Lipinski definition) is 0. The molecule has 17 heavy (non-hydrogen) atoms. The zero-order chi connectivity index (χ0) is 12.4. The van der Waals surface area contributed by atoms with Crippen LogP contribution in [0.15, 0.2) is 18.2 Å². The van der Waals surface area contributed by atoms with Crippen molar-refractivity contribution in [3.05, 3.63) is 28.8 Å². The molecular formula is C13H18Cl2N2. The summed E-state index contributed by atoms with van der Waals surface area (Å²) < 4.78 is 0. The summed E-state index contributed by atoms with van der Waals surface area (Å²) in [5, 5.41) is 0.757. The highest BCUT2D eigenvalue weighted by Gasteiger charge is 2.25. The number of halogens is 2. The van der Waals surface area contributed by atoms with Crippen LogP contribution in [0.1, 0.15) is 12.0 Å². The maximum absolute atomic E-state index is 6.00. The van der Waals surface area contributed by atoms with Gasteiger partial charge in [-0.25, -0.2) is 0 Å². The van der Waals surface area contributed by atoms with Crippen molar-refractivity contribution >= 4 is 28.9 Å². The molecular weight excluding hydrogens is 255 g/mol. The van der Waals surface area contributed by atoms with Gasteiger partial charge in [0.15, 0.2) is 0 Å². The van der Waals surface area contributed by atoms with Crippen LogP contribution in [0.25, 0.3) is 0 Å². The summed E-state index contributed by atoms with van der Waals surface area (Å²) in [5.74, 6) is 0.513. The molecule has 0 saturated carbocycles. The Labute approximate surface area is 113 Å². The highest BCUT2D eigenvalue weighted by molar-refractivity contribution is 6.30. The van der Waals surface area contributed by atoms with Gasteiger partial charge in [0, 0.05) is 35.7 Å². The van der Waals surface area contributed by atoms with Crippen molar-refractivity contribution in [2.45, 2.75) is 18.3 Å². The highest BCUT2D eigenvalue weighted by Crippen LogP contribution is 2.29. The standard InChI is InChI=1S/C13H18Cl2N2/c1-16(2)12-5-6-17(9-12)13-4-3-11(15)7-10(13)8-14/h3-4,7,12H,5-6,8-9H2,1-2H3. The molecule has 0 amide bonds. The van der Waals surface area contributed by atoms with Crippen LogP contribution in [0.2, 0.25) is 5.02 Å². The van der Waals surface area contributed by atoms with Crippen molar-refractivity contribution in [2.24, 2.45) is 0 Å². The Morgan fingerprint density at radius 1 is 1.41 bits per heavy atom. The summed E-state index contributed by atoms with van der Waals surface area (Å²) in [7, 11) is 4.27. The van der Waals surface area contributed by atoms with Gasteiger partial charge in [-0.1, -0.05) is 11.6 Å². The Bertz CT molecular complexity index is 393. The van der Waals surface area contributed by atoms with Gasteiger partial charge in [-0.2, -0.15) is 0 Å². The summed E-state index contributed by atoms with van der Waals surface area (Å²) in [6.07, 6.45) is 1.21. The lowest BCUT2D eigenvalue weighted by molar-refractivity contribution is 0.315. The summed E-state index contributed by atoms with van der Waals surface area (Å²) in [6, 6.07) is 6.62. The first kappa shape index (κ1) is 13.0. The average Bonchev–Trinajstić information content (AvgIpc) is 2.78. The maximum atomic E-state index is 6.00. The van der Waals surface area contributed by atoms with Crippen LogP contribution in [0, 0.1) is 0 Å². The van der Waals surface area contributed by atoms with Crippen molar-refractivity contribution in [1.82, 2.24) is 4.90 Å². The van der Waals surface area contributed by atoms with Crippen LogP contribution < -0.4 is 4.90 Å². The van der Waals surface area contributed by atoms with Gasteiger partial charge in [0.1, 0.15) is 0 Å². The van der Waals surface area contributed by atoms with E-state index >= 15 is 0 Å². The molecule has 0 radical (unpaired) electrons. The number of benzene rings is 1. The van der Waals surface area contributed by atoms with Gasteiger partial charge in [-0.3, -0.25) is 0 Å². The molecule has 0 aromatic heterocycles. The van der Waals surface area contributed by atoms with E-state index < -0.39 is 0 Å². The Hall–Kier alpha value is -0.440. The van der Waals surface area contributed by atoms with E-state index in [2.05, 4.69) is 30.0 Å². The van der Waals surface area contributed by atoms with Crippen molar-refractivity contribution in [1.29, 1.82) is 0 Å². The number of nitrogens with zero attached hydrogens (tertiary/aromatic N) is 2. The van der Waals surface area contributed by atoms with E-state index in [1.54, 1.807) is 0 Å². The van der Waals surface area contributed by atoms with Gasteiger partial charge >= 0.3 is 0 Å². The molecule has 2 nitrogen and oxygen atoms in total. The maximum Gasteiger partial charge on any atom is 0.0495 e. The number of likely N-dealkylation sites (N-methyl/N-ethyl adjacent to an activating group) is 1. The molecule has 1 atom stereocenters. The minimum atomic E-state index is 0.513. The molecule has 1 fully saturated rings. The zero-order valence-corrected chi connectivity index (χ0v) is 11.8. The Morgan fingerprint density at radius 2 is 2.18 bits per heavy atom. The smallest absolute Gasteiger partial charge is 0.0495 e. The average molecular weight is 273 g/mol. The lowest BCUT2D eigenvalue weighted by Crippen LogP contribution is -2.31. The van der Waals surface area contributed by atoms with Crippen molar-refractivity contribution < 1.29 is 0 Å². The van der Waals surface area contributed by atoms with Crippen LogP contribution in [-0.4, -0.2) is 38.1 Å². The largest absolute Gasteiger partial charge is 0.370 e. The second kappa shape index (κ2) is 5.47. The lowest BCUT2D eigenvalue weighted by atomic mass is 10.2. The van der Waals surface area contributed by atoms with E-state index in [9.17, 15) is 0 Å². The third kappa shape index (κ3) is 2.87. The molecule has 1 saturated heterocycles. The van der Waals surface area contributed by atoms with E-state index in [0.717, 1.165) is 23.7 Å². The molecule has 0 aliphatic carbocycles. The topological polar surface area (TPSA) is 6.48 Å². The first-order valence-corrected chi connectivity index (χ1v) is 6.79. The Balaban J connectivity index is 2.18. The molecule has 1 aromatic carbocycles. The predicted octanol–water partition coefficient (Wildman–Crippen LogP) is 3.22. The van der Waals surface area contributed by atoms with E-state index in [1.807, 2.05) is 12.1 Å². The van der Waals surface area contributed by atoms with Gasteiger partial charge in [0.25, 0.3) is 0 Å². The molecule has 0 spiro atoms. The molecule has 1 unspecified atom stereocenters. The quantitative estimate of drug-likeness (QED) is 0.780. The normalized spacial score (nSPS) is 20.3. The minimum Gasteiger partial charge on any atom is -0.370 e. The van der Waals surface area contributed by atoms with Gasteiger partial charge in [0.2, 0.25) is 0 Å². The van der Waals surface area contributed by atoms with E-state index in [4.69, 9.17) is 23.2 Å². The molecule has 1 aliphatic heterocycles. The van der Waals surface area contributed by atoms with Gasteiger partial charge in [-0.05, 0) is 44.3 Å². The summed E-state index contributed by atoms with van der Waals surface area (Å²) in [5.41, 5.74) is 2.35. The Kier molecular flexibility index (Phi) is 4.18. The second-order valence-corrected chi connectivity index (χ2v) is 5.46. The van der Waals surface area contributed by atoms with Crippen molar-refractivity contribution in [3.8, 4) is 0 Å². The van der Waals surface area contributed by atoms with Crippen LogP contribution in [-0.2, 0) is 5.88 Å². The zero-order valence-electron chi connectivity index (χ0n) is 10.3. The number of rotatable bonds is 3. The number of alkyl halides is 1. The fourth-order valence-corrected chi connectivity index (χ4v) is 2.76. The van der Waals surface area contributed by atoms with Gasteiger partial charge in [-0.15, -0.1) is 11.6 Å². The van der Waals surface area contributed by atoms with Gasteiger partial charge < -0.3 is 9.80 Å². The SMILES string of the molecule is CN(C)C1CCN(c2ccc(Cl)cc2CCl)C1. The van der Waals surface area contributed by atoms with Gasteiger partial charge in [0.05, 0.1) is 0 Å². The van der Waals surface area contributed by atoms with E-state index in [1.165, 1.54) is 12.1 Å². The van der Waals surface area contributed by atoms with Crippen LogP contribution >= 0.6 is 23.2 Å². The summed E-state index contributed by atoms with van der Waals surface area (Å²) in [6.45, 7) is 2.16. The highest BCUT2D eigenvalue weighted by atomic mass is 35.5. The van der Waals surface area contributed by atoms with Crippen molar-refractivity contribution in [3.63, 3.8) is 0 Å². The third-order valence-electron chi connectivity index (χ3n) is 3.42. The first-order valence-electron chi connectivity index (χ1n) is 5.87. The summed E-state index contributed by atoms with van der Waals surface area (Å²) in [4.78, 5) is 4.69. The molecule has 1 aromatic rings. The molecule has 0 bridgehead atoms. The molecule has 2 rings (SSSR count). The lowest BCUT2D eigenvalue weighted by Gasteiger charge is -2.23. The molecule has 94 valence electrons. The van der Waals surface area contributed by atoms with E-state index in [-0.39, 0.29) is 0 Å². The number of hydrogen-bond acceptors (Lipinski definition) is 2. The molecule has 1 aliphatic rings. The Morgan fingerprint density at radius 3 is 2.76 bits per heavy atom. The fourth-order valence-electron chi connectivity index (χ4n) is 2.35. The second-order valence-electron chi connectivity index (χ2n) is 4.76. The molecule has 0 N–H and O–H groups in total. The molecule has 4 heteroatoms. The number of anilines is 1. The van der Waals surface area contributed by atoms with Crippen LogP contribution in [0.4, 0.5) is 5.69 Å². The monoisotopic (exact) mass is 272 g/mol. The van der Waals surface area contributed by atoms with Crippen LogP contribution in [0.3, 0.4) is 0 Å². The summed E-state index contributed by atoms with van der Waals surface area (Å²) >= 11 is 12.0. The minimum absolute atomic E-state index is 0.513.